The molecule has 16 heavy (non-hydrogen) atoms. The molecule has 0 aliphatic carbocycles. The van der Waals surface area contributed by atoms with Gasteiger partial charge in [-0.2, -0.15) is 5.10 Å². The van der Waals surface area contributed by atoms with E-state index < -0.39 is 5.97 Å². The smallest absolute Gasteiger partial charge is 0.354 e. The second kappa shape index (κ2) is 3.57. The lowest BCUT2D eigenvalue weighted by molar-refractivity contribution is 0.0674. The highest BCUT2D eigenvalue weighted by molar-refractivity contribution is 5.88. The molecule has 6 heteroatoms. The SMILES string of the molecule is O=C(O)c1c2c(nn1C1CNC1)COCC2. The summed E-state index contributed by atoms with van der Waals surface area (Å²) in [5.74, 6) is -0.887. The summed E-state index contributed by atoms with van der Waals surface area (Å²) in [5.41, 5.74) is 1.99. The van der Waals surface area contributed by atoms with Gasteiger partial charge in [0.15, 0.2) is 0 Å². The lowest BCUT2D eigenvalue weighted by Crippen LogP contribution is -2.44. The van der Waals surface area contributed by atoms with Crippen molar-refractivity contribution in [1.29, 1.82) is 0 Å². The number of nitrogens with zero attached hydrogens (tertiary/aromatic N) is 2. The van der Waals surface area contributed by atoms with Crippen LogP contribution in [0.5, 0.6) is 0 Å². The second-order valence-electron chi connectivity index (χ2n) is 4.14. The fourth-order valence-corrected chi connectivity index (χ4v) is 2.17. The van der Waals surface area contributed by atoms with Crippen molar-refractivity contribution in [3.8, 4) is 0 Å². The van der Waals surface area contributed by atoms with Crippen molar-refractivity contribution in [3.05, 3.63) is 17.0 Å². The van der Waals surface area contributed by atoms with Crippen molar-refractivity contribution >= 4 is 5.97 Å². The van der Waals surface area contributed by atoms with Gasteiger partial charge < -0.3 is 15.2 Å². The number of fused-ring (bicyclic) bond motifs is 1. The van der Waals surface area contributed by atoms with E-state index in [1.165, 1.54) is 0 Å². The Hall–Kier alpha value is -1.40. The molecule has 2 aliphatic rings. The van der Waals surface area contributed by atoms with Gasteiger partial charge in [0, 0.05) is 25.1 Å². The van der Waals surface area contributed by atoms with Gasteiger partial charge >= 0.3 is 5.97 Å². The van der Waals surface area contributed by atoms with Crippen LogP contribution in [0.15, 0.2) is 0 Å². The molecule has 1 saturated heterocycles. The average molecular weight is 223 g/mol. The molecule has 0 bridgehead atoms. The molecule has 0 radical (unpaired) electrons. The van der Waals surface area contributed by atoms with Crippen LogP contribution < -0.4 is 5.32 Å². The van der Waals surface area contributed by atoms with Gasteiger partial charge in [-0.25, -0.2) is 4.79 Å². The Labute approximate surface area is 92.2 Å². The zero-order valence-electron chi connectivity index (χ0n) is 8.77. The minimum atomic E-state index is -0.887. The lowest BCUT2D eigenvalue weighted by atomic mass is 10.1. The molecule has 2 N–H and O–H groups in total. The van der Waals surface area contributed by atoms with Crippen molar-refractivity contribution in [2.24, 2.45) is 0 Å². The van der Waals surface area contributed by atoms with Gasteiger partial charge in [0.2, 0.25) is 0 Å². The molecule has 2 aliphatic heterocycles. The van der Waals surface area contributed by atoms with Crippen LogP contribution in [-0.4, -0.2) is 40.6 Å². The molecule has 1 aromatic heterocycles. The molecular formula is C10H13N3O3. The first-order valence-corrected chi connectivity index (χ1v) is 5.39. The predicted octanol–water partition coefficient (Wildman–Crippen LogP) is -0.202. The van der Waals surface area contributed by atoms with E-state index in [9.17, 15) is 9.90 Å². The predicted molar refractivity (Wildman–Crippen MR) is 54.5 cm³/mol. The van der Waals surface area contributed by atoms with Crippen molar-refractivity contribution in [3.63, 3.8) is 0 Å². The molecule has 0 saturated carbocycles. The highest BCUT2D eigenvalue weighted by Gasteiger charge is 2.30. The van der Waals surface area contributed by atoms with E-state index in [4.69, 9.17) is 4.74 Å². The van der Waals surface area contributed by atoms with Crippen LogP contribution in [0.3, 0.4) is 0 Å². The van der Waals surface area contributed by atoms with E-state index in [1.807, 2.05) is 0 Å². The summed E-state index contributed by atoms with van der Waals surface area (Å²) in [6.45, 7) is 2.61. The number of nitrogens with one attached hydrogen (secondary N) is 1. The molecular weight excluding hydrogens is 210 g/mol. The number of aromatic nitrogens is 2. The first kappa shape index (κ1) is 9.80. The number of ether oxygens (including phenoxy) is 1. The molecule has 6 nitrogen and oxygen atoms in total. The molecule has 0 atom stereocenters. The van der Waals surface area contributed by atoms with Crippen LogP contribution in [0.2, 0.25) is 0 Å². The molecule has 86 valence electrons. The van der Waals surface area contributed by atoms with Crippen LogP contribution in [0.1, 0.15) is 27.8 Å². The minimum absolute atomic E-state index is 0.178. The van der Waals surface area contributed by atoms with Gasteiger partial charge in [-0.1, -0.05) is 0 Å². The van der Waals surface area contributed by atoms with Crippen LogP contribution in [0.4, 0.5) is 0 Å². The molecule has 0 aromatic carbocycles. The second-order valence-corrected chi connectivity index (χ2v) is 4.14. The third kappa shape index (κ3) is 1.34. The highest BCUT2D eigenvalue weighted by atomic mass is 16.5. The Bertz CT molecular complexity index is 437. The summed E-state index contributed by atoms with van der Waals surface area (Å²) in [5, 5.41) is 16.7. The van der Waals surface area contributed by atoms with Crippen LogP contribution >= 0.6 is 0 Å². The first-order chi connectivity index (χ1) is 7.77. The maximum atomic E-state index is 11.3. The first-order valence-electron chi connectivity index (χ1n) is 5.39. The number of carbonyl (C=O) groups is 1. The Balaban J connectivity index is 2.08. The third-order valence-corrected chi connectivity index (χ3v) is 3.14. The largest absolute Gasteiger partial charge is 0.477 e. The zero-order valence-corrected chi connectivity index (χ0v) is 8.77. The topological polar surface area (TPSA) is 76.4 Å². The van der Waals surface area contributed by atoms with Gasteiger partial charge in [-0.05, 0) is 0 Å². The van der Waals surface area contributed by atoms with E-state index in [0.29, 0.717) is 25.3 Å². The summed E-state index contributed by atoms with van der Waals surface area (Å²) in [7, 11) is 0. The number of carboxylic acid groups (broad SMARTS) is 1. The molecule has 3 rings (SSSR count). The Morgan fingerprint density at radius 2 is 2.38 bits per heavy atom. The van der Waals surface area contributed by atoms with Gasteiger partial charge in [-0.3, -0.25) is 4.68 Å². The highest BCUT2D eigenvalue weighted by Crippen LogP contribution is 2.24. The van der Waals surface area contributed by atoms with E-state index in [2.05, 4.69) is 10.4 Å². The third-order valence-electron chi connectivity index (χ3n) is 3.14. The monoisotopic (exact) mass is 223 g/mol. The Morgan fingerprint density at radius 1 is 1.56 bits per heavy atom. The fourth-order valence-electron chi connectivity index (χ4n) is 2.17. The molecule has 0 amide bonds. The van der Waals surface area contributed by atoms with E-state index >= 15 is 0 Å². The number of carboxylic acids is 1. The van der Waals surface area contributed by atoms with Crippen LogP contribution in [0, 0.1) is 0 Å². The van der Waals surface area contributed by atoms with Crippen LogP contribution in [-0.2, 0) is 17.8 Å². The van der Waals surface area contributed by atoms with Gasteiger partial charge in [0.1, 0.15) is 5.69 Å². The summed E-state index contributed by atoms with van der Waals surface area (Å²) in [4.78, 5) is 11.3. The lowest BCUT2D eigenvalue weighted by Gasteiger charge is -2.28. The standard InChI is InChI=1S/C10H13N3O3/c14-10(15)9-7-1-2-16-5-8(7)12-13(9)6-3-11-4-6/h6,11H,1-5H2,(H,14,15). The van der Waals surface area contributed by atoms with E-state index in [0.717, 1.165) is 24.3 Å². The summed E-state index contributed by atoms with van der Waals surface area (Å²) < 4.78 is 6.94. The normalized spacial score (nSPS) is 20.2. The Kier molecular flexibility index (Phi) is 2.19. The van der Waals surface area contributed by atoms with Crippen molar-refractivity contribution < 1.29 is 14.6 Å². The van der Waals surface area contributed by atoms with Gasteiger partial charge in [0.25, 0.3) is 0 Å². The maximum Gasteiger partial charge on any atom is 0.354 e. The van der Waals surface area contributed by atoms with Crippen LogP contribution in [0.25, 0.3) is 0 Å². The zero-order chi connectivity index (χ0) is 11.1. The molecule has 1 aromatic rings. The average Bonchev–Trinajstić information content (AvgIpc) is 2.53. The maximum absolute atomic E-state index is 11.3. The van der Waals surface area contributed by atoms with E-state index in [1.54, 1.807) is 4.68 Å². The number of rotatable bonds is 2. The summed E-state index contributed by atoms with van der Waals surface area (Å²) in [6, 6.07) is 0.178. The number of hydrogen-bond donors (Lipinski definition) is 2. The fraction of sp³-hybridized carbons (Fsp3) is 0.600. The van der Waals surface area contributed by atoms with E-state index in [-0.39, 0.29) is 6.04 Å². The van der Waals surface area contributed by atoms with Gasteiger partial charge in [-0.15, -0.1) is 0 Å². The summed E-state index contributed by atoms with van der Waals surface area (Å²) in [6.07, 6.45) is 0.650. The molecule has 1 fully saturated rings. The summed E-state index contributed by atoms with van der Waals surface area (Å²) >= 11 is 0. The minimum Gasteiger partial charge on any atom is -0.477 e. The van der Waals surface area contributed by atoms with Crippen molar-refractivity contribution in [2.45, 2.75) is 19.1 Å². The van der Waals surface area contributed by atoms with Crippen molar-refractivity contribution in [2.75, 3.05) is 19.7 Å². The molecule has 0 spiro atoms. The van der Waals surface area contributed by atoms with Crippen molar-refractivity contribution in [1.82, 2.24) is 15.1 Å². The Morgan fingerprint density at radius 3 is 3.00 bits per heavy atom. The molecule has 3 heterocycles. The number of hydrogen-bond acceptors (Lipinski definition) is 4. The molecule has 0 unspecified atom stereocenters. The number of aromatic carboxylic acids is 1. The van der Waals surface area contributed by atoms with Gasteiger partial charge in [0.05, 0.1) is 24.9 Å². The quantitative estimate of drug-likeness (QED) is 0.726.